The summed E-state index contributed by atoms with van der Waals surface area (Å²) in [6.07, 6.45) is -2.73. The second-order valence-corrected chi connectivity index (χ2v) is 8.71. The van der Waals surface area contributed by atoms with Gasteiger partial charge in [0.05, 0.1) is 5.56 Å². The van der Waals surface area contributed by atoms with Crippen molar-refractivity contribution in [3.8, 4) is 17.0 Å². The molecule has 14 heteroatoms. The van der Waals surface area contributed by atoms with Crippen molar-refractivity contribution in [3.63, 3.8) is 0 Å². The van der Waals surface area contributed by atoms with E-state index >= 15 is 0 Å². The molecular weight excluding hydrogens is 597 g/mol. The van der Waals surface area contributed by atoms with Crippen molar-refractivity contribution in [1.29, 1.82) is 0 Å². The van der Waals surface area contributed by atoms with Crippen LogP contribution in [0, 0.1) is 11.6 Å². The molecular formula is C25H17BrF5N3O5. The molecule has 0 saturated carbocycles. The first-order valence-corrected chi connectivity index (χ1v) is 11.8. The van der Waals surface area contributed by atoms with Crippen molar-refractivity contribution in [2.45, 2.75) is 18.8 Å². The van der Waals surface area contributed by atoms with E-state index in [1.54, 1.807) is 24.5 Å². The highest BCUT2D eigenvalue weighted by Gasteiger charge is 2.31. The molecule has 0 spiro atoms. The number of carbonyl (C=O) groups is 2. The molecule has 39 heavy (non-hydrogen) atoms. The highest BCUT2D eigenvalue weighted by atomic mass is 79.9. The van der Waals surface area contributed by atoms with Gasteiger partial charge in [0, 0.05) is 18.0 Å². The Kier molecular flexibility index (Phi) is 8.04. The summed E-state index contributed by atoms with van der Waals surface area (Å²) in [5.41, 5.74) is 3.44. The lowest BCUT2D eigenvalue weighted by Crippen LogP contribution is -2.22. The molecule has 4 aromatic rings. The lowest BCUT2D eigenvalue weighted by atomic mass is 10.1. The van der Waals surface area contributed by atoms with Gasteiger partial charge in [0.25, 0.3) is 5.91 Å². The van der Waals surface area contributed by atoms with E-state index in [0.717, 1.165) is 24.3 Å². The summed E-state index contributed by atoms with van der Waals surface area (Å²) in [4.78, 5) is 28.1. The summed E-state index contributed by atoms with van der Waals surface area (Å²) in [7, 11) is 0. The zero-order valence-corrected chi connectivity index (χ0v) is 21.1. The third-order valence-electron chi connectivity index (χ3n) is 5.31. The van der Waals surface area contributed by atoms with Crippen molar-refractivity contribution in [3.05, 3.63) is 94.2 Å². The van der Waals surface area contributed by atoms with Crippen molar-refractivity contribution < 1.29 is 45.4 Å². The molecule has 2 N–H and O–H groups in total. The number of ether oxygens (including phenoxy) is 2. The number of nitrogens with zero attached hydrogens (tertiary/aromatic N) is 2. The number of esters is 1. The molecule has 4 rings (SSSR count). The van der Waals surface area contributed by atoms with E-state index in [1.807, 2.05) is 0 Å². The van der Waals surface area contributed by atoms with E-state index in [9.17, 15) is 31.5 Å². The van der Waals surface area contributed by atoms with Crippen LogP contribution in [0.5, 0.6) is 5.75 Å². The van der Waals surface area contributed by atoms with Gasteiger partial charge >= 0.3 is 12.1 Å². The Morgan fingerprint density at radius 2 is 1.74 bits per heavy atom. The number of carbonyl (C=O) groups excluding carboxylic acids is 2. The van der Waals surface area contributed by atoms with Gasteiger partial charge in [-0.3, -0.25) is 9.59 Å². The maximum Gasteiger partial charge on any atom is 0.416 e. The quantitative estimate of drug-likeness (QED) is 0.193. The van der Waals surface area contributed by atoms with Crippen molar-refractivity contribution in [2.75, 3.05) is 6.61 Å². The number of amides is 1. The Morgan fingerprint density at radius 1 is 1.08 bits per heavy atom. The van der Waals surface area contributed by atoms with E-state index < -0.39 is 59.3 Å². The zero-order valence-electron chi connectivity index (χ0n) is 19.5. The van der Waals surface area contributed by atoms with Gasteiger partial charge < -0.3 is 24.2 Å². The van der Waals surface area contributed by atoms with Crippen LogP contribution in [0.15, 0.2) is 70.0 Å². The van der Waals surface area contributed by atoms with E-state index in [0.29, 0.717) is 0 Å². The molecule has 2 aromatic heterocycles. The Hall–Kier alpha value is -4.20. The van der Waals surface area contributed by atoms with E-state index in [1.165, 1.54) is 16.7 Å². The third kappa shape index (κ3) is 6.45. The fourth-order valence-electron chi connectivity index (χ4n) is 3.45. The van der Waals surface area contributed by atoms with Gasteiger partial charge in [0.15, 0.2) is 16.2 Å². The molecule has 204 valence electrons. The Labute approximate surface area is 225 Å². The number of nitrogens with two attached hydrogens (primary N) is 1. The first-order chi connectivity index (χ1) is 18.4. The number of aromatic nitrogens is 2. The number of benzene rings is 2. The molecule has 0 fully saturated rings. The average molecular weight is 614 g/mol. The van der Waals surface area contributed by atoms with E-state index in [2.05, 4.69) is 20.9 Å². The highest BCUT2D eigenvalue weighted by Crippen LogP contribution is 2.36. The molecule has 0 radical (unpaired) electrons. The number of primary amides is 1. The minimum Gasteiger partial charge on any atom is -0.474 e. The minimum absolute atomic E-state index is 0.0121. The SMILES string of the molecule is NC(=O)c1c(F)ccc(OC(COC(=O)Cn2cccc2)c2nc(-c3ccc(C(F)(F)F)cc3)c(Br)o2)c1F. The normalized spacial score (nSPS) is 12.3. The molecule has 0 aliphatic heterocycles. The molecule has 8 nitrogen and oxygen atoms in total. The average Bonchev–Trinajstić information content (AvgIpc) is 3.52. The zero-order chi connectivity index (χ0) is 28.3. The summed E-state index contributed by atoms with van der Waals surface area (Å²) >= 11 is 3.14. The summed E-state index contributed by atoms with van der Waals surface area (Å²) < 4.78 is 85.5. The van der Waals surface area contributed by atoms with E-state index in [-0.39, 0.29) is 28.4 Å². The first kappa shape index (κ1) is 27.8. The topological polar surface area (TPSA) is 110 Å². The number of hydrogen-bond donors (Lipinski definition) is 1. The van der Waals surface area contributed by atoms with Crippen LogP contribution in [0.1, 0.15) is 27.9 Å². The predicted octanol–water partition coefficient (Wildman–Crippen LogP) is 5.67. The van der Waals surface area contributed by atoms with Gasteiger partial charge in [-0.25, -0.2) is 13.8 Å². The number of oxazole rings is 1. The molecule has 2 aromatic carbocycles. The van der Waals surface area contributed by atoms with Gasteiger partial charge in [-0.2, -0.15) is 13.2 Å². The van der Waals surface area contributed by atoms with Gasteiger partial charge in [0.1, 0.15) is 30.2 Å². The fourth-order valence-corrected chi connectivity index (χ4v) is 3.93. The van der Waals surface area contributed by atoms with Crippen LogP contribution in [0.3, 0.4) is 0 Å². The van der Waals surface area contributed by atoms with Crippen molar-refractivity contribution >= 4 is 27.8 Å². The lowest BCUT2D eigenvalue weighted by molar-refractivity contribution is -0.147. The highest BCUT2D eigenvalue weighted by molar-refractivity contribution is 9.10. The molecule has 0 bridgehead atoms. The van der Waals surface area contributed by atoms with Crippen molar-refractivity contribution in [2.24, 2.45) is 5.73 Å². The lowest BCUT2D eigenvalue weighted by Gasteiger charge is -2.18. The van der Waals surface area contributed by atoms with Crippen LogP contribution in [-0.4, -0.2) is 28.0 Å². The standard InChI is InChI=1S/C25H17BrF5N3O5/c26-22-21(13-3-5-14(6-4-13)25(29,30)31)33-24(39-22)17(12-37-18(35)11-34-9-1-2-10-34)38-16-8-7-15(27)19(20(16)28)23(32)36/h1-10,17H,11-12H2,(H2,32,36). The van der Waals surface area contributed by atoms with Gasteiger partial charge in [-0.1, -0.05) is 12.1 Å². The summed E-state index contributed by atoms with van der Waals surface area (Å²) in [6.45, 7) is -0.731. The van der Waals surface area contributed by atoms with Crippen LogP contribution < -0.4 is 10.5 Å². The Morgan fingerprint density at radius 3 is 2.36 bits per heavy atom. The summed E-state index contributed by atoms with van der Waals surface area (Å²) in [6, 6.07) is 9.08. The van der Waals surface area contributed by atoms with Crippen LogP contribution in [-0.2, 0) is 22.3 Å². The summed E-state index contributed by atoms with van der Waals surface area (Å²) in [5, 5.41) is 0. The molecule has 1 amide bonds. The molecule has 0 aliphatic carbocycles. The fraction of sp³-hybridized carbons (Fsp3) is 0.160. The molecule has 1 unspecified atom stereocenters. The van der Waals surface area contributed by atoms with Gasteiger partial charge in [-0.05, 0) is 52.3 Å². The van der Waals surface area contributed by atoms with Gasteiger partial charge in [-0.15, -0.1) is 0 Å². The number of alkyl halides is 3. The smallest absolute Gasteiger partial charge is 0.416 e. The monoisotopic (exact) mass is 613 g/mol. The Bertz CT molecular complexity index is 1490. The number of rotatable bonds is 9. The van der Waals surface area contributed by atoms with Crippen LogP contribution in [0.4, 0.5) is 22.0 Å². The molecule has 1 atom stereocenters. The number of hydrogen-bond acceptors (Lipinski definition) is 6. The van der Waals surface area contributed by atoms with Crippen molar-refractivity contribution in [1.82, 2.24) is 9.55 Å². The maximum atomic E-state index is 14.9. The first-order valence-electron chi connectivity index (χ1n) is 11.0. The molecule has 0 saturated heterocycles. The van der Waals surface area contributed by atoms with Crippen LogP contribution in [0.2, 0.25) is 0 Å². The third-order valence-corrected chi connectivity index (χ3v) is 5.85. The van der Waals surface area contributed by atoms with Gasteiger partial charge in [0.2, 0.25) is 12.0 Å². The van der Waals surface area contributed by atoms with Crippen LogP contribution >= 0.6 is 15.9 Å². The second kappa shape index (κ2) is 11.3. The Balaban J connectivity index is 1.64. The molecule has 2 heterocycles. The van der Waals surface area contributed by atoms with Crippen LogP contribution in [0.25, 0.3) is 11.3 Å². The maximum absolute atomic E-state index is 14.9. The summed E-state index contributed by atoms with van der Waals surface area (Å²) in [5.74, 6) is -5.60. The molecule has 0 aliphatic rings. The van der Waals surface area contributed by atoms with E-state index in [4.69, 9.17) is 19.6 Å². The predicted molar refractivity (Wildman–Crippen MR) is 128 cm³/mol. The number of halogens is 6. The minimum atomic E-state index is -4.54. The largest absolute Gasteiger partial charge is 0.474 e. The second-order valence-electron chi connectivity index (χ2n) is 7.99.